The second-order valence-electron chi connectivity index (χ2n) is 5.16. The van der Waals surface area contributed by atoms with Crippen molar-refractivity contribution in [3.63, 3.8) is 0 Å². The van der Waals surface area contributed by atoms with Crippen LogP contribution in [0.1, 0.15) is 37.1 Å². The van der Waals surface area contributed by atoms with Crippen molar-refractivity contribution in [2.75, 3.05) is 11.2 Å². The minimum Gasteiger partial charge on any atom is -0.364 e. The Kier molecular flexibility index (Phi) is 4.31. The number of anilines is 1. The Balaban J connectivity index is 2.45. The highest BCUT2D eigenvalue weighted by Gasteiger charge is 2.23. The molecule has 0 spiro atoms. The fourth-order valence-electron chi connectivity index (χ4n) is 2.10. The van der Waals surface area contributed by atoms with Gasteiger partial charge in [0.25, 0.3) is 0 Å². The summed E-state index contributed by atoms with van der Waals surface area (Å²) in [5.74, 6) is 1.58. The Morgan fingerprint density at radius 1 is 1.37 bits per heavy atom. The van der Waals surface area contributed by atoms with Crippen molar-refractivity contribution in [1.29, 1.82) is 0 Å². The normalized spacial score (nSPS) is 14.6. The summed E-state index contributed by atoms with van der Waals surface area (Å²) in [6.45, 7) is 8.62. The smallest absolute Gasteiger partial charge is 0.138 e. The van der Waals surface area contributed by atoms with Crippen molar-refractivity contribution in [3.05, 3.63) is 16.8 Å². The molecule has 104 valence electrons. The van der Waals surface area contributed by atoms with E-state index in [1.807, 2.05) is 0 Å². The number of aryl methyl sites for hydroxylation is 2. The molecular weight excluding hydrogens is 278 g/mol. The third-order valence-electron chi connectivity index (χ3n) is 3.81. The zero-order valence-corrected chi connectivity index (χ0v) is 13.5. The van der Waals surface area contributed by atoms with E-state index in [1.165, 1.54) is 10.4 Å². The molecule has 5 heteroatoms. The van der Waals surface area contributed by atoms with Gasteiger partial charge in [-0.2, -0.15) is 0 Å². The molecule has 1 unspecified atom stereocenters. The van der Waals surface area contributed by atoms with Crippen LogP contribution in [-0.4, -0.2) is 21.4 Å². The van der Waals surface area contributed by atoms with Gasteiger partial charge in [0, 0.05) is 16.3 Å². The molecule has 3 nitrogen and oxygen atoms in total. The Morgan fingerprint density at radius 3 is 2.74 bits per heavy atom. The quantitative estimate of drug-likeness (QED) is 0.825. The van der Waals surface area contributed by atoms with Gasteiger partial charge in [-0.15, -0.1) is 22.9 Å². The van der Waals surface area contributed by atoms with Gasteiger partial charge in [0.05, 0.1) is 5.39 Å². The molecule has 2 aromatic rings. The van der Waals surface area contributed by atoms with Gasteiger partial charge in [-0.25, -0.2) is 9.97 Å². The van der Waals surface area contributed by atoms with Gasteiger partial charge in [-0.1, -0.05) is 6.92 Å². The van der Waals surface area contributed by atoms with Gasteiger partial charge < -0.3 is 5.32 Å². The lowest BCUT2D eigenvalue weighted by atomic mass is 9.95. The number of nitrogens with zero attached hydrogens (tertiary/aromatic N) is 2. The zero-order valence-electron chi connectivity index (χ0n) is 11.9. The first-order valence-corrected chi connectivity index (χ1v) is 7.90. The Bertz CT molecular complexity index is 581. The van der Waals surface area contributed by atoms with E-state index >= 15 is 0 Å². The van der Waals surface area contributed by atoms with Crippen molar-refractivity contribution in [3.8, 4) is 0 Å². The first-order valence-electron chi connectivity index (χ1n) is 6.55. The van der Waals surface area contributed by atoms with E-state index in [0.717, 1.165) is 28.9 Å². The fraction of sp³-hybridized carbons (Fsp3) is 0.571. The Labute approximate surface area is 123 Å². The molecule has 0 aliphatic heterocycles. The van der Waals surface area contributed by atoms with Gasteiger partial charge in [-0.3, -0.25) is 0 Å². The van der Waals surface area contributed by atoms with Crippen LogP contribution in [0.15, 0.2) is 6.33 Å². The van der Waals surface area contributed by atoms with Crippen LogP contribution in [0, 0.1) is 13.8 Å². The number of rotatable bonds is 5. The first-order chi connectivity index (χ1) is 9.00. The Morgan fingerprint density at radius 2 is 2.11 bits per heavy atom. The molecule has 0 radical (unpaired) electrons. The average Bonchev–Trinajstić information content (AvgIpc) is 2.66. The van der Waals surface area contributed by atoms with Crippen LogP contribution in [-0.2, 0) is 0 Å². The highest BCUT2D eigenvalue weighted by atomic mass is 35.5. The third kappa shape index (κ3) is 2.84. The maximum absolute atomic E-state index is 5.91. The highest BCUT2D eigenvalue weighted by molar-refractivity contribution is 7.18. The van der Waals surface area contributed by atoms with Crippen LogP contribution in [0.25, 0.3) is 10.2 Å². The first kappa shape index (κ1) is 14.5. The van der Waals surface area contributed by atoms with Gasteiger partial charge in [-0.05, 0) is 39.2 Å². The van der Waals surface area contributed by atoms with Crippen molar-refractivity contribution >= 4 is 39.0 Å². The summed E-state index contributed by atoms with van der Waals surface area (Å²) in [5, 5.41) is 4.73. The lowest BCUT2D eigenvalue weighted by Gasteiger charge is -2.29. The van der Waals surface area contributed by atoms with E-state index in [0.29, 0.717) is 5.88 Å². The number of halogens is 1. The monoisotopic (exact) mass is 297 g/mol. The lowest BCUT2D eigenvalue weighted by molar-refractivity contribution is 0.480. The summed E-state index contributed by atoms with van der Waals surface area (Å²) < 4.78 is 0. The van der Waals surface area contributed by atoms with E-state index in [4.69, 9.17) is 11.6 Å². The molecule has 0 amide bonds. The van der Waals surface area contributed by atoms with E-state index in [2.05, 4.69) is 43.0 Å². The third-order valence-corrected chi connectivity index (χ3v) is 5.12. The molecule has 0 fully saturated rings. The van der Waals surface area contributed by atoms with Crippen molar-refractivity contribution in [1.82, 2.24) is 9.97 Å². The number of thiophene rings is 1. The topological polar surface area (TPSA) is 37.8 Å². The van der Waals surface area contributed by atoms with Crippen molar-refractivity contribution in [2.45, 2.75) is 46.1 Å². The highest BCUT2D eigenvalue weighted by Crippen LogP contribution is 2.34. The second kappa shape index (κ2) is 5.63. The van der Waals surface area contributed by atoms with Crippen LogP contribution in [0.2, 0.25) is 0 Å². The molecule has 0 aromatic carbocycles. The number of nitrogens with one attached hydrogen (secondary N) is 1. The molecule has 0 aliphatic rings. The standard InChI is InChI=1S/C14H20ClN3S/c1-5-14(4,6-7-15)18-12-11-9(2)10(3)19-13(11)17-8-16-12/h8H,5-7H2,1-4H3,(H,16,17,18). The predicted octanol–water partition coefficient (Wildman–Crippen LogP) is 4.52. The number of hydrogen-bond donors (Lipinski definition) is 1. The van der Waals surface area contributed by atoms with Gasteiger partial charge in [0.15, 0.2) is 0 Å². The van der Waals surface area contributed by atoms with Gasteiger partial charge in [0.2, 0.25) is 0 Å². The molecular formula is C14H20ClN3S. The van der Waals surface area contributed by atoms with Crippen LogP contribution < -0.4 is 5.32 Å². The van der Waals surface area contributed by atoms with E-state index in [9.17, 15) is 0 Å². The predicted molar refractivity (Wildman–Crippen MR) is 84.5 cm³/mol. The van der Waals surface area contributed by atoms with E-state index in [1.54, 1.807) is 17.7 Å². The average molecular weight is 298 g/mol. The van der Waals surface area contributed by atoms with Crippen LogP contribution >= 0.6 is 22.9 Å². The largest absolute Gasteiger partial charge is 0.364 e. The molecule has 19 heavy (non-hydrogen) atoms. The molecule has 0 saturated carbocycles. The molecule has 2 aromatic heterocycles. The van der Waals surface area contributed by atoms with Gasteiger partial charge in [0.1, 0.15) is 17.0 Å². The minimum absolute atomic E-state index is 0.0225. The number of fused-ring (bicyclic) bond motifs is 1. The zero-order chi connectivity index (χ0) is 14.0. The lowest BCUT2D eigenvalue weighted by Crippen LogP contribution is -2.35. The van der Waals surface area contributed by atoms with Crippen LogP contribution in [0.5, 0.6) is 0 Å². The van der Waals surface area contributed by atoms with Crippen LogP contribution in [0.3, 0.4) is 0 Å². The van der Waals surface area contributed by atoms with E-state index < -0.39 is 0 Å². The Hall–Kier alpha value is -0.870. The summed E-state index contributed by atoms with van der Waals surface area (Å²) in [6, 6.07) is 0. The molecule has 0 bridgehead atoms. The molecule has 1 atom stereocenters. The van der Waals surface area contributed by atoms with Gasteiger partial charge >= 0.3 is 0 Å². The molecule has 0 aliphatic carbocycles. The van der Waals surface area contributed by atoms with Crippen LogP contribution in [0.4, 0.5) is 5.82 Å². The summed E-state index contributed by atoms with van der Waals surface area (Å²) >= 11 is 7.64. The summed E-state index contributed by atoms with van der Waals surface area (Å²) in [4.78, 5) is 11.2. The fourth-order valence-corrected chi connectivity index (χ4v) is 3.51. The molecule has 1 N–H and O–H groups in total. The van der Waals surface area contributed by atoms with Crippen molar-refractivity contribution in [2.24, 2.45) is 0 Å². The number of alkyl halides is 1. The van der Waals surface area contributed by atoms with E-state index in [-0.39, 0.29) is 5.54 Å². The van der Waals surface area contributed by atoms with Crippen molar-refractivity contribution < 1.29 is 0 Å². The minimum atomic E-state index is -0.0225. The maximum atomic E-state index is 5.91. The molecule has 0 saturated heterocycles. The maximum Gasteiger partial charge on any atom is 0.138 e. The SMILES string of the molecule is CCC(C)(CCCl)Nc1ncnc2sc(C)c(C)c12. The number of hydrogen-bond acceptors (Lipinski definition) is 4. The summed E-state index contributed by atoms with van der Waals surface area (Å²) in [6.07, 6.45) is 3.56. The summed E-state index contributed by atoms with van der Waals surface area (Å²) in [7, 11) is 0. The second-order valence-corrected chi connectivity index (χ2v) is 6.75. The number of aromatic nitrogens is 2. The molecule has 2 heterocycles. The molecule has 2 rings (SSSR count). The summed E-state index contributed by atoms with van der Waals surface area (Å²) in [5.41, 5.74) is 1.25.